The topological polar surface area (TPSA) is 57.6 Å². The molecular weight excluding hydrogens is 406 g/mol. The van der Waals surface area contributed by atoms with Crippen LogP contribution in [0.5, 0.6) is 0 Å². The first-order chi connectivity index (χ1) is 12.8. The monoisotopic (exact) mass is 431 g/mol. The number of ketones is 1. The van der Waals surface area contributed by atoms with Gasteiger partial charge in [-0.1, -0.05) is 15.9 Å². The lowest BCUT2D eigenvalue weighted by molar-refractivity contribution is -0.154. The number of benzene rings is 1. The lowest BCUT2D eigenvalue weighted by Gasteiger charge is -2.56. The number of amides is 1. The Balaban J connectivity index is 1.49. The summed E-state index contributed by atoms with van der Waals surface area (Å²) in [6.45, 7) is 2.39. The van der Waals surface area contributed by atoms with E-state index in [0.717, 1.165) is 29.4 Å². The number of hydrogen-bond acceptors (Lipinski definition) is 3. The van der Waals surface area contributed by atoms with Crippen LogP contribution in [-0.4, -0.2) is 23.3 Å². The predicted molar refractivity (Wildman–Crippen MR) is 106 cm³/mol. The van der Waals surface area contributed by atoms with Crippen molar-refractivity contribution >= 4 is 33.3 Å². The smallest absolute Gasteiger partial charge is 0.264 e. The molecule has 5 heteroatoms. The van der Waals surface area contributed by atoms with Crippen LogP contribution in [-0.2, 0) is 15.2 Å². The minimum Gasteiger partial charge on any atom is -0.375 e. The Morgan fingerprint density at radius 3 is 2.33 bits per heavy atom. The van der Waals surface area contributed by atoms with Crippen LogP contribution in [0.1, 0.15) is 57.4 Å². The van der Waals surface area contributed by atoms with Crippen molar-refractivity contribution in [2.75, 3.05) is 11.4 Å². The molecule has 4 bridgehead atoms. The summed E-state index contributed by atoms with van der Waals surface area (Å²) < 4.78 is 0.813. The molecule has 1 aliphatic heterocycles. The summed E-state index contributed by atoms with van der Waals surface area (Å²) >= 11 is 3.45. The van der Waals surface area contributed by atoms with Crippen LogP contribution in [0.15, 0.2) is 22.7 Å². The van der Waals surface area contributed by atoms with E-state index in [1.165, 1.54) is 19.3 Å². The summed E-state index contributed by atoms with van der Waals surface area (Å²) in [5.41, 5.74) is -0.722. The molecule has 0 spiro atoms. The van der Waals surface area contributed by atoms with Gasteiger partial charge in [0, 0.05) is 28.4 Å². The second-order valence-corrected chi connectivity index (χ2v) is 10.3. The van der Waals surface area contributed by atoms with Crippen molar-refractivity contribution in [3.8, 4) is 0 Å². The number of Topliss-reactive ketones (excluding diaryl/α,β-unsaturated/α-hetero) is 1. The van der Waals surface area contributed by atoms with Gasteiger partial charge in [0.15, 0.2) is 5.60 Å². The number of halogens is 1. The average molecular weight is 432 g/mol. The largest absolute Gasteiger partial charge is 0.375 e. The zero-order valence-electron chi connectivity index (χ0n) is 15.7. The Kier molecular flexibility index (Phi) is 3.90. The van der Waals surface area contributed by atoms with Gasteiger partial charge >= 0.3 is 0 Å². The fourth-order valence-electron chi connectivity index (χ4n) is 6.88. The van der Waals surface area contributed by atoms with E-state index in [-0.39, 0.29) is 23.5 Å². The number of hydrogen-bond donors (Lipinski definition) is 1. The van der Waals surface area contributed by atoms with Gasteiger partial charge < -0.3 is 10.0 Å². The fraction of sp³-hybridized carbons (Fsp3) is 0.636. The molecule has 0 aromatic heterocycles. The van der Waals surface area contributed by atoms with E-state index in [1.807, 2.05) is 19.1 Å². The van der Waals surface area contributed by atoms with Crippen molar-refractivity contribution < 1.29 is 14.7 Å². The molecule has 5 aliphatic rings. The van der Waals surface area contributed by atoms with E-state index >= 15 is 0 Å². The van der Waals surface area contributed by atoms with Gasteiger partial charge in [0.2, 0.25) is 0 Å². The molecule has 1 amide bonds. The van der Waals surface area contributed by atoms with Crippen LogP contribution in [0.25, 0.3) is 0 Å². The summed E-state index contributed by atoms with van der Waals surface area (Å²) in [7, 11) is 0. The van der Waals surface area contributed by atoms with Crippen LogP contribution in [0.2, 0.25) is 0 Å². The Morgan fingerprint density at radius 1 is 1.19 bits per heavy atom. The molecule has 27 heavy (non-hydrogen) atoms. The second-order valence-electron chi connectivity index (χ2n) is 9.37. The number of rotatable bonds is 4. The first-order valence-corrected chi connectivity index (χ1v) is 11.0. The van der Waals surface area contributed by atoms with E-state index in [4.69, 9.17) is 0 Å². The molecule has 4 aliphatic carbocycles. The van der Waals surface area contributed by atoms with Crippen molar-refractivity contribution in [2.45, 2.75) is 57.5 Å². The maximum atomic E-state index is 13.6. The van der Waals surface area contributed by atoms with Crippen LogP contribution < -0.4 is 4.90 Å². The number of carbonyl (C=O) groups excluding carboxylic acids is 2. The predicted octanol–water partition coefficient (Wildman–Crippen LogP) is 4.18. The maximum absolute atomic E-state index is 13.6. The SMILES string of the molecule is CCN1C(=O)[C@](O)(CC(=O)C23CC4CC(CC(C4)C2)C3)c2cc(Br)ccc21. The molecule has 4 nitrogen and oxygen atoms in total. The fourth-order valence-corrected chi connectivity index (χ4v) is 7.24. The number of fused-ring (bicyclic) bond motifs is 1. The molecule has 144 valence electrons. The van der Waals surface area contributed by atoms with Crippen molar-refractivity contribution in [1.29, 1.82) is 0 Å². The zero-order valence-corrected chi connectivity index (χ0v) is 17.3. The number of nitrogens with zero attached hydrogens (tertiary/aromatic N) is 1. The highest BCUT2D eigenvalue weighted by Crippen LogP contribution is 2.61. The van der Waals surface area contributed by atoms with Gasteiger partial charge in [0.25, 0.3) is 5.91 Å². The molecule has 6 rings (SSSR count). The number of aliphatic hydroxyl groups is 1. The molecule has 1 atom stereocenters. The molecule has 1 heterocycles. The Hall–Kier alpha value is -1.20. The van der Waals surface area contributed by atoms with Gasteiger partial charge in [-0.2, -0.15) is 0 Å². The summed E-state index contributed by atoms with van der Waals surface area (Å²) in [6, 6.07) is 5.53. The maximum Gasteiger partial charge on any atom is 0.264 e. The third-order valence-corrected chi connectivity index (χ3v) is 8.15. The molecule has 4 fully saturated rings. The molecule has 0 radical (unpaired) electrons. The van der Waals surface area contributed by atoms with E-state index < -0.39 is 5.60 Å². The summed E-state index contributed by atoms with van der Waals surface area (Å²) in [5.74, 6) is 1.77. The van der Waals surface area contributed by atoms with E-state index in [2.05, 4.69) is 15.9 Å². The minimum absolute atomic E-state index is 0.0854. The summed E-state index contributed by atoms with van der Waals surface area (Å²) in [6.07, 6.45) is 6.62. The third kappa shape index (κ3) is 2.50. The van der Waals surface area contributed by atoms with Crippen molar-refractivity contribution in [2.24, 2.45) is 23.2 Å². The minimum atomic E-state index is -1.73. The van der Waals surface area contributed by atoms with Crippen LogP contribution >= 0.6 is 15.9 Å². The number of carbonyl (C=O) groups is 2. The molecule has 0 unspecified atom stereocenters. The van der Waals surface area contributed by atoms with Gasteiger partial charge in [0.05, 0.1) is 5.69 Å². The van der Waals surface area contributed by atoms with E-state index in [9.17, 15) is 14.7 Å². The summed E-state index contributed by atoms with van der Waals surface area (Å²) in [4.78, 5) is 28.3. The van der Waals surface area contributed by atoms with Crippen LogP contribution in [0.4, 0.5) is 5.69 Å². The second kappa shape index (κ2) is 5.90. The molecule has 1 aromatic rings. The lowest BCUT2D eigenvalue weighted by Crippen LogP contribution is -2.52. The Labute approximate surface area is 168 Å². The zero-order chi connectivity index (χ0) is 19.0. The normalized spacial score (nSPS) is 39.1. The average Bonchev–Trinajstić information content (AvgIpc) is 2.81. The lowest BCUT2D eigenvalue weighted by atomic mass is 9.48. The van der Waals surface area contributed by atoms with E-state index in [0.29, 0.717) is 29.9 Å². The van der Waals surface area contributed by atoms with Gasteiger partial charge in [-0.25, -0.2) is 0 Å². The van der Waals surface area contributed by atoms with Crippen LogP contribution in [0.3, 0.4) is 0 Å². The van der Waals surface area contributed by atoms with Crippen molar-refractivity contribution in [1.82, 2.24) is 0 Å². The van der Waals surface area contributed by atoms with Gasteiger partial charge in [-0.05, 0) is 81.4 Å². The van der Waals surface area contributed by atoms with Gasteiger partial charge in [-0.15, -0.1) is 0 Å². The number of anilines is 1. The molecule has 4 saturated carbocycles. The van der Waals surface area contributed by atoms with Crippen molar-refractivity contribution in [3.05, 3.63) is 28.2 Å². The van der Waals surface area contributed by atoms with E-state index in [1.54, 1.807) is 11.0 Å². The van der Waals surface area contributed by atoms with Gasteiger partial charge in [-0.3, -0.25) is 9.59 Å². The standard InChI is InChI=1S/C22H26BrNO3/c1-2-24-18-4-3-16(23)8-17(18)22(27,20(24)26)12-19(25)21-9-13-5-14(10-21)7-15(6-13)11-21/h3-4,8,13-15,27H,2,5-7,9-12H2,1H3/t13?,14?,15?,21?,22-/m0/s1. The Bertz CT molecular complexity index is 800. The highest BCUT2D eigenvalue weighted by molar-refractivity contribution is 9.10. The quantitative estimate of drug-likeness (QED) is 0.777. The molecule has 1 N–H and O–H groups in total. The first kappa shape index (κ1) is 17.9. The summed E-state index contributed by atoms with van der Waals surface area (Å²) in [5, 5.41) is 11.5. The van der Waals surface area contributed by atoms with Gasteiger partial charge in [0.1, 0.15) is 5.78 Å². The molecule has 0 saturated heterocycles. The number of likely N-dealkylation sites (N-methyl/N-ethyl adjacent to an activating group) is 1. The third-order valence-electron chi connectivity index (χ3n) is 7.66. The van der Waals surface area contributed by atoms with Crippen molar-refractivity contribution in [3.63, 3.8) is 0 Å². The highest BCUT2D eigenvalue weighted by atomic mass is 79.9. The van der Waals surface area contributed by atoms with Crippen LogP contribution in [0, 0.1) is 23.2 Å². The first-order valence-electron chi connectivity index (χ1n) is 10.2. The highest BCUT2D eigenvalue weighted by Gasteiger charge is 2.58. The molecule has 1 aromatic carbocycles. The Morgan fingerprint density at radius 2 is 1.78 bits per heavy atom. The molecular formula is C22H26BrNO3.